The van der Waals surface area contributed by atoms with Crippen molar-refractivity contribution in [3.8, 4) is 0 Å². The summed E-state index contributed by atoms with van der Waals surface area (Å²) in [6, 6.07) is 9.81. The molecule has 5 heteroatoms. The van der Waals surface area contributed by atoms with E-state index in [1.807, 2.05) is 24.3 Å². The lowest BCUT2D eigenvalue weighted by Crippen LogP contribution is -2.27. The number of thiophene rings is 1. The van der Waals surface area contributed by atoms with E-state index in [9.17, 15) is 4.79 Å². The van der Waals surface area contributed by atoms with Gasteiger partial charge in [0.25, 0.3) is 5.91 Å². The summed E-state index contributed by atoms with van der Waals surface area (Å²) in [4.78, 5) is 13.1. The van der Waals surface area contributed by atoms with Gasteiger partial charge in [0.2, 0.25) is 0 Å². The van der Waals surface area contributed by atoms with E-state index < -0.39 is 0 Å². The Bertz CT molecular complexity index is 541. The highest BCUT2D eigenvalue weighted by molar-refractivity contribution is 7.98. The Labute approximate surface area is 127 Å². The molecule has 1 N–H and O–H groups in total. The normalized spacial score (nSPS) is 10.4. The summed E-state index contributed by atoms with van der Waals surface area (Å²) in [6.45, 7) is 1.05. The second-order valence-electron chi connectivity index (χ2n) is 4.17. The predicted molar refractivity (Wildman–Crippen MR) is 84.5 cm³/mol. The fraction of sp³-hybridized carbons (Fsp3) is 0.267. The Hall–Kier alpha value is -1.30. The smallest absolute Gasteiger partial charge is 0.252 e. The maximum atomic E-state index is 12.1. The molecule has 0 saturated heterocycles. The Morgan fingerprint density at radius 2 is 2.20 bits per heavy atom. The van der Waals surface area contributed by atoms with E-state index in [2.05, 4.69) is 22.1 Å². The molecule has 1 heterocycles. The third kappa shape index (κ3) is 4.37. The van der Waals surface area contributed by atoms with Gasteiger partial charge < -0.3 is 10.1 Å². The molecule has 20 heavy (non-hydrogen) atoms. The van der Waals surface area contributed by atoms with Crippen molar-refractivity contribution >= 4 is 29.0 Å². The van der Waals surface area contributed by atoms with Gasteiger partial charge >= 0.3 is 0 Å². The fourth-order valence-corrected chi connectivity index (χ4v) is 3.44. The molecular weight excluding hydrogens is 290 g/mol. The average Bonchev–Trinajstić information content (AvgIpc) is 2.99. The standard InChI is InChI=1S/C15H17NO2S2/c1-18-8-7-16-15(17)13-4-2-3-5-14(13)20-11-12-6-9-19-10-12/h2-6,9-10H,7-8,11H2,1H3,(H,16,17). The number of nitrogens with one attached hydrogen (secondary N) is 1. The number of hydrogen-bond donors (Lipinski definition) is 1. The van der Waals surface area contributed by atoms with E-state index in [0.717, 1.165) is 16.2 Å². The van der Waals surface area contributed by atoms with E-state index in [1.165, 1.54) is 5.56 Å². The zero-order chi connectivity index (χ0) is 14.2. The summed E-state index contributed by atoms with van der Waals surface area (Å²) >= 11 is 3.38. The number of carbonyl (C=O) groups excluding carboxylic acids is 1. The lowest BCUT2D eigenvalue weighted by atomic mass is 10.2. The molecule has 0 bridgehead atoms. The maximum absolute atomic E-state index is 12.1. The molecule has 1 aromatic carbocycles. The van der Waals surface area contributed by atoms with Crippen LogP contribution in [0.15, 0.2) is 46.0 Å². The Balaban J connectivity index is 1.99. The molecule has 0 saturated carbocycles. The van der Waals surface area contributed by atoms with Gasteiger partial charge in [0, 0.05) is 24.3 Å². The molecule has 1 amide bonds. The van der Waals surface area contributed by atoms with Crippen molar-refractivity contribution in [1.29, 1.82) is 0 Å². The van der Waals surface area contributed by atoms with Crippen LogP contribution in [0.2, 0.25) is 0 Å². The van der Waals surface area contributed by atoms with Crippen LogP contribution in [0.3, 0.4) is 0 Å². The van der Waals surface area contributed by atoms with Crippen molar-refractivity contribution < 1.29 is 9.53 Å². The number of hydrogen-bond acceptors (Lipinski definition) is 4. The summed E-state index contributed by atoms with van der Waals surface area (Å²) in [7, 11) is 1.62. The Morgan fingerprint density at radius 1 is 1.35 bits per heavy atom. The van der Waals surface area contributed by atoms with Gasteiger partial charge in [-0.2, -0.15) is 11.3 Å². The molecule has 106 valence electrons. The van der Waals surface area contributed by atoms with Crippen LogP contribution in [0.1, 0.15) is 15.9 Å². The summed E-state index contributed by atoms with van der Waals surface area (Å²) < 4.78 is 4.94. The van der Waals surface area contributed by atoms with Gasteiger partial charge in [-0.05, 0) is 34.5 Å². The van der Waals surface area contributed by atoms with Crippen LogP contribution in [-0.2, 0) is 10.5 Å². The van der Waals surface area contributed by atoms with Gasteiger partial charge in [-0.1, -0.05) is 12.1 Å². The van der Waals surface area contributed by atoms with Crippen LogP contribution in [-0.4, -0.2) is 26.2 Å². The summed E-state index contributed by atoms with van der Waals surface area (Å²) in [6.07, 6.45) is 0. The zero-order valence-corrected chi connectivity index (χ0v) is 12.9. The number of carbonyl (C=O) groups is 1. The molecule has 0 aliphatic carbocycles. The highest BCUT2D eigenvalue weighted by atomic mass is 32.2. The van der Waals surface area contributed by atoms with Crippen LogP contribution in [0.4, 0.5) is 0 Å². The first-order chi connectivity index (χ1) is 9.81. The molecule has 0 unspecified atom stereocenters. The van der Waals surface area contributed by atoms with Crippen LogP contribution >= 0.6 is 23.1 Å². The third-order valence-electron chi connectivity index (χ3n) is 2.70. The molecule has 3 nitrogen and oxygen atoms in total. The maximum Gasteiger partial charge on any atom is 0.252 e. The summed E-state index contributed by atoms with van der Waals surface area (Å²) in [5.74, 6) is 0.835. The Kier molecular flexibility index (Phi) is 6.11. The van der Waals surface area contributed by atoms with Crippen molar-refractivity contribution in [2.75, 3.05) is 20.3 Å². The number of thioether (sulfide) groups is 1. The number of benzene rings is 1. The van der Waals surface area contributed by atoms with Gasteiger partial charge in [-0.15, -0.1) is 11.8 Å². The molecule has 0 radical (unpaired) electrons. The van der Waals surface area contributed by atoms with E-state index in [1.54, 1.807) is 30.2 Å². The number of methoxy groups -OCH3 is 1. The highest BCUT2D eigenvalue weighted by Gasteiger charge is 2.10. The van der Waals surface area contributed by atoms with Crippen molar-refractivity contribution in [3.05, 3.63) is 52.2 Å². The van der Waals surface area contributed by atoms with Crippen LogP contribution < -0.4 is 5.32 Å². The van der Waals surface area contributed by atoms with Crippen molar-refractivity contribution in [1.82, 2.24) is 5.32 Å². The van der Waals surface area contributed by atoms with Gasteiger partial charge in [-0.25, -0.2) is 0 Å². The quantitative estimate of drug-likeness (QED) is 0.629. The molecule has 0 atom stereocenters. The zero-order valence-electron chi connectivity index (χ0n) is 11.3. The van der Waals surface area contributed by atoms with Crippen LogP contribution in [0.25, 0.3) is 0 Å². The molecular formula is C15H17NO2S2. The van der Waals surface area contributed by atoms with Crippen LogP contribution in [0, 0.1) is 0 Å². The molecule has 1 aromatic heterocycles. The summed E-state index contributed by atoms with van der Waals surface area (Å²) in [5, 5.41) is 7.06. The third-order valence-corrected chi connectivity index (χ3v) is 4.57. The topological polar surface area (TPSA) is 38.3 Å². The Morgan fingerprint density at radius 3 is 2.95 bits per heavy atom. The second kappa shape index (κ2) is 8.09. The summed E-state index contributed by atoms with van der Waals surface area (Å²) in [5.41, 5.74) is 2.01. The highest BCUT2D eigenvalue weighted by Crippen LogP contribution is 2.27. The minimum absolute atomic E-state index is 0.0459. The second-order valence-corrected chi connectivity index (χ2v) is 5.96. The lowest BCUT2D eigenvalue weighted by Gasteiger charge is -2.09. The largest absolute Gasteiger partial charge is 0.383 e. The van der Waals surface area contributed by atoms with E-state index in [-0.39, 0.29) is 5.91 Å². The predicted octanol–water partition coefficient (Wildman–Crippen LogP) is 3.42. The number of ether oxygens (including phenoxy) is 1. The lowest BCUT2D eigenvalue weighted by molar-refractivity contribution is 0.0934. The van der Waals surface area contributed by atoms with Crippen molar-refractivity contribution in [3.63, 3.8) is 0 Å². The molecule has 2 rings (SSSR count). The number of amides is 1. The van der Waals surface area contributed by atoms with Gasteiger partial charge in [0.05, 0.1) is 12.2 Å². The molecule has 0 spiro atoms. The van der Waals surface area contributed by atoms with Gasteiger partial charge in [0.1, 0.15) is 0 Å². The first-order valence-corrected chi connectivity index (χ1v) is 8.24. The van der Waals surface area contributed by atoms with Gasteiger partial charge in [0.15, 0.2) is 0 Å². The average molecular weight is 307 g/mol. The molecule has 0 aliphatic rings. The van der Waals surface area contributed by atoms with Crippen molar-refractivity contribution in [2.45, 2.75) is 10.6 Å². The van der Waals surface area contributed by atoms with E-state index >= 15 is 0 Å². The first-order valence-electron chi connectivity index (χ1n) is 6.31. The minimum Gasteiger partial charge on any atom is -0.383 e. The van der Waals surface area contributed by atoms with Crippen molar-refractivity contribution in [2.24, 2.45) is 0 Å². The van der Waals surface area contributed by atoms with Crippen LogP contribution in [0.5, 0.6) is 0 Å². The SMILES string of the molecule is COCCNC(=O)c1ccccc1SCc1ccsc1. The monoisotopic (exact) mass is 307 g/mol. The minimum atomic E-state index is -0.0459. The molecule has 2 aromatic rings. The fourth-order valence-electron chi connectivity index (χ4n) is 1.68. The molecule has 0 fully saturated rings. The number of rotatable bonds is 7. The van der Waals surface area contributed by atoms with E-state index in [4.69, 9.17) is 4.74 Å². The van der Waals surface area contributed by atoms with E-state index in [0.29, 0.717) is 13.2 Å². The first kappa shape index (κ1) is 15.1. The van der Waals surface area contributed by atoms with Gasteiger partial charge in [-0.3, -0.25) is 4.79 Å². The molecule has 0 aliphatic heterocycles.